The fourth-order valence-electron chi connectivity index (χ4n) is 2.76. The molecule has 27 heavy (non-hydrogen) atoms. The number of aromatic carboxylic acids is 1. The molecule has 0 radical (unpaired) electrons. The number of aromatic nitrogens is 1. The molecule has 134 valence electrons. The first-order chi connectivity index (χ1) is 13.0. The van der Waals surface area contributed by atoms with Crippen LogP contribution < -0.4 is 5.32 Å². The molecular weight excluding hydrogens is 364 g/mol. The van der Waals surface area contributed by atoms with Crippen molar-refractivity contribution in [2.24, 2.45) is 0 Å². The van der Waals surface area contributed by atoms with Crippen molar-refractivity contribution in [2.45, 2.75) is 6.92 Å². The summed E-state index contributed by atoms with van der Waals surface area (Å²) in [5, 5.41) is 15.1. The van der Waals surface area contributed by atoms with Crippen LogP contribution in [0.3, 0.4) is 0 Å². The Hall–Kier alpha value is -3.45. The van der Waals surface area contributed by atoms with Gasteiger partial charge in [0.1, 0.15) is 16.1 Å². The highest BCUT2D eigenvalue weighted by atomic mass is 32.1. The highest BCUT2D eigenvalue weighted by Gasteiger charge is 2.22. The van der Waals surface area contributed by atoms with Crippen molar-refractivity contribution >= 4 is 39.2 Å². The molecule has 4 aromatic rings. The zero-order valence-corrected chi connectivity index (χ0v) is 15.0. The molecular formula is C20H14N2O4S. The highest BCUT2D eigenvalue weighted by molar-refractivity contribution is 7.15. The first kappa shape index (κ1) is 17.0. The van der Waals surface area contributed by atoms with Crippen LogP contribution in [0.25, 0.3) is 22.1 Å². The van der Waals surface area contributed by atoms with Crippen LogP contribution >= 0.6 is 11.3 Å². The summed E-state index contributed by atoms with van der Waals surface area (Å²) in [6.45, 7) is 1.86. The zero-order valence-electron chi connectivity index (χ0n) is 14.2. The molecule has 6 nitrogen and oxygen atoms in total. The van der Waals surface area contributed by atoms with E-state index in [1.807, 2.05) is 37.3 Å². The van der Waals surface area contributed by atoms with E-state index >= 15 is 0 Å². The molecule has 3 heterocycles. The minimum atomic E-state index is -1.12. The maximum atomic E-state index is 12.5. The first-order valence-electron chi connectivity index (χ1n) is 8.10. The topological polar surface area (TPSA) is 92.4 Å². The van der Waals surface area contributed by atoms with Crippen molar-refractivity contribution in [3.8, 4) is 11.1 Å². The predicted molar refractivity (Wildman–Crippen MR) is 103 cm³/mol. The Morgan fingerprint density at radius 1 is 1.19 bits per heavy atom. The van der Waals surface area contributed by atoms with Crippen LogP contribution in [0.5, 0.6) is 0 Å². The van der Waals surface area contributed by atoms with E-state index in [-0.39, 0.29) is 16.3 Å². The molecule has 0 aliphatic heterocycles. The van der Waals surface area contributed by atoms with Crippen LogP contribution in [-0.4, -0.2) is 22.0 Å². The number of benzene rings is 1. The Balaban J connectivity index is 1.68. The van der Waals surface area contributed by atoms with Gasteiger partial charge in [-0.15, -0.1) is 11.3 Å². The number of hydrogen-bond donors (Lipinski definition) is 2. The van der Waals surface area contributed by atoms with E-state index in [2.05, 4.69) is 10.3 Å². The number of para-hydroxylation sites is 1. The van der Waals surface area contributed by atoms with Gasteiger partial charge in [-0.05, 0) is 25.1 Å². The van der Waals surface area contributed by atoms with Gasteiger partial charge >= 0.3 is 5.97 Å². The lowest BCUT2D eigenvalue weighted by atomic mass is 10.1. The van der Waals surface area contributed by atoms with Gasteiger partial charge in [0, 0.05) is 33.8 Å². The monoisotopic (exact) mass is 378 g/mol. The van der Waals surface area contributed by atoms with Crippen LogP contribution in [0.4, 0.5) is 5.00 Å². The molecule has 0 fully saturated rings. The summed E-state index contributed by atoms with van der Waals surface area (Å²) in [5.74, 6) is -1.49. The van der Waals surface area contributed by atoms with E-state index in [1.54, 1.807) is 23.7 Å². The Morgan fingerprint density at radius 2 is 2.00 bits per heavy atom. The van der Waals surface area contributed by atoms with E-state index in [0.29, 0.717) is 16.7 Å². The molecule has 0 bridgehead atoms. The summed E-state index contributed by atoms with van der Waals surface area (Å²) < 4.78 is 5.54. The number of carbonyl (C=O) groups is 2. The maximum absolute atomic E-state index is 12.5. The van der Waals surface area contributed by atoms with Crippen LogP contribution in [0.15, 0.2) is 58.5 Å². The number of aryl methyl sites for hydroxylation is 1. The quantitative estimate of drug-likeness (QED) is 0.531. The normalized spacial score (nSPS) is 10.9. The standard InChI is InChI=1S/C20H14N2O4S/c1-11-6-7-13(9-21-11)14-10-27-19(17(14)20(24)25)22-18(23)16-8-12-4-2-3-5-15(12)26-16/h2-10H,1H3,(H,22,23)(H,24,25). The molecule has 0 spiro atoms. The summed E-state index contributed by atoms with van der Waals surface area (Å²) in [4.78, 5) is 28.6. The lowest BCUT2D eigenvalue weighted by molar-refractivity contribution is 0.0699. The van der Waals surface area contributed by atoms with Gasteiger partial charge in [-0.1, -0.05) is 24.3 Å². The Morgan fingerprint density at radius 3 is 2.70 bits per heavy atom. The molecule has 1 amide bonds. The van der Waals surface area contributed by atoms with E-state index in [4.69, 9.17) is 4.42 Å². The number of fused-ring (bicyclic) bond motifs is 1. The Kier molecular flexibility index (Phi) is 4.21. The van der Waals surface area contributed by atoms with Crippen molar-refractivity contribution in [1.82, 2.24) is 4.98 Å². The van der Waals surface area contributed by atoms with Gasteiger partial charge in [-0.25, -0.2) is 4.79 Å². The Labute approximate surface area is 158 Å². The maximum Gasteiger partial charge on any atom is 0.339 e. The van der Waals surface area contributed by atoms with Gasteiger partial charge in [0.05, 0.1) is 0 Å². The number of nitrogens with one attached hydrogen (secondary N) is 1. The number of nitrogens with zero attached hydrogens (tertiary/aromatic N) is 1. The second-order valence-corrected chi connectivity index (χ2v) is 6.83. The smallest absolute Gasteiger partial charge is 0.339 e. The van der Waals surface area contributed by atoms with Gasteiger partial charge in [0.25, 0.3) is 5.91 Å². The largest absolute Gasteiger partial charge is 0.478 e. The molecule has 0 aliphatic rings. The van der Waals surface area contributed by atoms with Crippen LogP contribution in [0.2, 0.25) is 0 Å². The van der Waals surface area contributed by atoms with E-state index in [9.17, 15) is 14.7 Å². The lowest BCUT2D eigenvalue weighted by Crippen LogP contribution is -2.12. The molecule has 0 unspecified atom stereocenters. The second kappa shape index (κ2) is 6.69. The van der Waals surface area contributed by atoms with Crippen molar-refractivity contribution in [2.75, 3.05) is 5.32 Å². The second-order valence-electron chi connectivity index (χ2n) is 5.95. The molecule has 2 N–H and O–H groups in total. The van der Waals surface area contributed by atoms with Crippen molar-refractivity contribution < 1.29 is 19.1 Å². The zero-order chi connectivity index (χ0) is 19.0. The summed E-state index contributed by atoms with van der Waals surface area (Å²) in [5.41, 5.74) is 2.66. The minimum absolute atomic E-state index is 0.0371. The van der Waals surface area contributed by atoms with Crippen molar-refractivity contribution in [1.29, 1.82) is 0 Å². The fraction of sp³-hybridized carbons (Fsp3) is 0.0500. The molecule has 7 heteroatoms. The number of carboxylic acids is 1. The van der Waals surface area contributed by atoms with E-state index in [0.717, 1.165) is 22.4 Å². The van der Waals surface area contributed by atoms with Gasteiger partial charge in [0.15, 0.2) is 5.76 Å². The number of amides is 1. The van der Waals surface area contributed by atoms with Crippen LogP contribution in [0.1, 0.15) is 26.6 Å². The molecule has 3 aromatic heterocycles. The van der Waals surface area contributed by atoms with Gasteiger partial charge in [-0.3, -0.25) is 9.78 Å². The molecule has 0 saturated heterocycles. The number of furan rings is 1. The molecule has 4 rings (SSSR count). The fourth-order valence-corrected chi connectivity index (χ4v) is 3.72. The summed E-state index contributed by atoms with van der Waals surface area (Å²) in [6.07, 6.45) is 1.62. The number of hydrogen-bond acceptors (Lipinski definition) is 5. The Bertz CT molecular complexity index is 1130. The predicted octanol–water partition coefficient (Wildman–Crippen LogP) is 4.82. The van der Waals surface area contributed by atoms with Crippen LogP contribution in [-0.2, 0) is 0 Å². The molecule has 0 saturated carbocycles. The number of thiophene rings is 1. The summed E-state index contributed by atoms with van der Waals surface area (Å²) in [6, 6.07) is 12.5. The number of anilines is 1. The van der Waals surface area contributed by atoms with Crippen molar-refractivity contribution in [3.63, 3.8) is 0 Å². The third kappa shape index (κ3) is 3.20. The van der Waals surface area contributed by atoms with Gasteiger partial charge in [0.2, 0.25) is 0 Å². The number of carboxylic acid groups (broad SMARTS) is 1. The van der Waals surface area contributed by atoms with Gasteiger partial charge < -0.3 is 14.8 Å². The number of rotatable bonds is 4. The van der Waals surface area contributed by atoms with Crippen molar-refractivity contribution in [3.05, 3.63) is 71.1 Å². The summed E-state index contributed by atoms with van der Waals surface area (Å²) >= 11 is 1.15. The third-order valence-corrected chi connectivity index (χ3v) is 5.00. The minimum Gasteiger partial charge on any atom is -0.478 e. The SMILES string of the molecule is Cc1ccc(-c2csc(NC(=O)c3cc4ccccc4o3)c2C(=O)O)cn1. The molecule has 0 atom stereocenters. The number of carbonyl (C=O) groups excluding carboxylic acids is 1. The first-order valence-corrected chi connectivity index (χ1v) is 8.98. The third-order valence-electron chi connectivity index (χ3n) is 4.10. The number of pyridine rings is 1. The molecule has 1 aromatic carbocycles. The van der Waals surface area contributed by atoms with Gasteiger partial charge in [-0.2, -0.15) is 0 Å². The average Bonchev–Trinajstić information content (AvgIpc) is 3.26. The highest BCUT2D eigenvalue weighted by Crippen LogP contribution is 2.36. The lowest BCUT2D eigenvalue weighted by Gasteiger charge is -2.05. The van der Waals surface area contributed by atoms with Crippen LogP contribution in [0, 0.1) is 6.92 Å². The van der Waals surface area contributed by atoms with E-state index < -0.39 is 11.9 Å². The van der Waals surface area contributed by atoms with E-state index in [1.165, 1.54) is 0 Å². The average molecular weight is 378 g/mol. The molecule has 0 aliphatic carbocycles. The summed E-state index contributed by atoms with van der Waals surface area (Å²) in [7, 11) is 0.